The summed E-state index contributed by atoms with van der Waals surface area (Å²) in [6, 6.07) is 0. The third kappa shape index (κ3) is 2.34. The molecule has 0 bridgehead atoms. The van der Waals surface area contributed by atoms with Crippen LogP contribution in [0.3, 0.4) is 0 Å². The second kappa shape index (κ2) is 5.14. The highest BCUT2D eigenvalue weighted by Crippen LogP contribution is 2.42. The van der Waals surface area contributed by atoms with Crippen molar-refractivity contribution in [1.82, 2.24) is 5.32 Å². The summed E-state index contributed by atoms with van der Waals surface area (Å²) in [7, 11) is 3.21. The summed E-state index contributed by atoms with van der Waals surface area (Å²) in [6.45, 7) is 11.4. The van der Waals surface area contributed by atoms with E-state index in [2.05, 4.69) is 11.9 Å². The topological polar surface area (TPSA) is 49.0 Å². The molecule has 2 saturated heterocycles. The molecule has 5 atom stereocenters. The standard InChI is InChI=1S/C14H25NO4/c1-9(2)10-7-15-8-11-12(10)19-14(4,17-6)13(3,16-5)18-11/h10-12,15H,1,7-8H2,2-6H3/t10-,11-,12-,13+,14+/m1/s1. The normalized spacial score (nSPS) is 46.7. The van der Waals surface area contributed by atoms with Crippen LogP contribution in [0.15, 0.2) is 12.2 Å². The molecule has 110 valence electrons. The molecule has 19 heavy (non-hydrogen) atoms. The zero-order valence-corrected chi connectivity index (χ0v) is 12.5. The van der Waals surface area contributed by atoms with Gasteiger partial charge in [-0.2, -0.15) is 0 Å². The fourth-order valence-electron chi connectivity index (χ4n) is 2.82. The van der Waals surface area contributed by atoms with Gasteiger partial charge in [-0.05, 0) is 20.8 Å². The van der Waals surface area contributed by atoms with Crippen LogP contribution in [0.1, 0.15) is 20.8 Å². The Morgan fingerprint density at radius 3 is 2.26 bits per heavy atom. The molecule has 0 saturated carbocycles. The van der Waals surface area contributed by atoms with Crippen molar-refractivity contribution in [3.63, 3.8) is 0 Å². The molecule has 0 aliphatic carbocycles. The molecule has 0 unspecified atom stereocenters. The highest BCUT2D eigenvalue weighted by molar-refractivity contribution is 5.08. The molecular weight excluding hydrogens is 246 g/mol. The first-order valence-electron chi connectivity index (χ1n) is 6.69. The average Bonchev–Trinajstić information content (AvgIpc) is 2.39. The minimum Gasteiger partial charge on any atom is -0.349 e. The first kappa shape index (κ1) is 14.9. The number of fused-ring (bicyclic) bond motifs is 1. The number of nitrogens with one attached hydrogen (secondary N) is 1. The zero-order chi connectivity index (χ0) is 14.3. The molecule has 0 aromatic carbocycles. The lowest BCUT2D eigenvalue weighted by atomic mass is 9.86. The van der Waals surface area contributed by atoms with Crippen molar-refractivity contribution in [2.24, 2.45) is 5.92 Å². The Hall–Kier alpha value is -0.460. The average molecular weight is 271 g/mol. The maximum Gasteiger partial charge on any atom is 0.220 e. The van der Waals surface area contributed by atoms with Gasteiger partial charge in [0.15, 0.2) is 0 Å². The van der Waals surface area contributed by atoms with Gasteiger partial charge in [0.1, 0.15) is 6.10 Å². The van der Waals surface area contributed by atoms with Crippen molar-refractivity contribution < 1.29 is 18.9 Å². The first-order chi connectivity index (χ1) is 8.87. The Morgan fingerprint density at radius 2 is 1.74 bits per heavy atom. The molecule has 5 heteroatoms. The monoisotopic (exact) mass is 271 g/mol. The highest BCUT2D eigenvalue weighted by atomic mass is 16.8. The number of hydrogen-bond acceptors (Lipinski definition) is 5. The molecule has 0 radical (unpaired) electrons. The van der Waals surface area contributed by atoms with Gasteiger partial charge in [-0.25, -0.2) is 0 Å². The van der Waals surface area contributed by atoms with E-state index >= 15 is 0 Å². The van der Waals surface area contributed by atoms with Gasteiger partial charge in [-0.15, -0.1) is 0 Å². The van der Waals surface area contributed by atoms with E-state index in [0.29, 0.717) is 0 Å². The number of hydrogen-bond donors (Lipinski definition) is 1. The number of methoxy groups -OCH3 is 2. The molecule has 1 N–H and O–H groups in total. The van der Waals surface area contributed by atoms with Crippen LogP contribution in [0.2, 0.25) is 0 Å². The summed E-state index contributed by atoms with van der Waals surface area (Å²) >= 11 is 0. The fourth-order valence-corrected chi connectivity index (χ4v) is 2.82. The Kier molecular flexibility index (Phi) is 4.05. The molecule has 2 aliphatic heterocycles. The molecule has 0 spiro atoms. The van der Waals surface area contributed by atoms with Crippen LogP contribution in [0.5, 0.6) is 0 Å². The van der Waals surface area contributed by atoms with Crippen LogP contribution in [-0.2, 0) is 18.9 Å². The van der Waals surface area contributed by atoms with Crippen molar-refractivity contribution in [1.29, 1.82) is 0 Å². The van der Waals surface area contributed by atoms with Crippen molar-refractivity contribution in [2.75, 3.05) is 27.3 Å². The first-order valence-corrected chi connectivity index (χ1v) is 6.69. The third-order valence-corrected chi connectivity index (χ3v) is 4.45. The van der Waals surface area contributed by atoms with E-state index < -0.39 is 11.6 Å². The summed E-state index contributed by atoms with van der Waals surface area (Å²) < 4.78 is 23.4. The van der Waals surface area contributed by atoms with E-state index in [0.717, 1.165) is 18.7 Å². The zero-order valence-electron chi connectivity index (χ0n) is 12.5. The lowest BCUT2D eigenvalue weighted by molar-refractivity contribution is -0.452. The van der Waals surface area contributed by atoms with Gasteiger partial charge in [-0.1, -0.05) is 12.2 Å². The SMILES string of the molecule is C=C(C)[C@H]1CNC[C@H]2O[C@](C)(OC)[C@@](C)(OC)O[C@H]12. The molecule has 0 amide bonds. The van der Waals surface area contributed by atoms with E-state index in [-0.39, 0.29) is 18.1 Å². The Morgan fingerprint density at radius 1 is 1.16 bits per heavy atom. The van der Waals surface area contributed by atoms with Gasteiger partial charge < -0.3 is 24.3 Å². The molecular formula is C14H25NO4. The van der Waals surface area contributed by atoms with Gasteiger partial charge in [0.05, 0.1) is 6.10 Å². The van der Waals surface area contributed by atoms with E-state index in [9.17, 15) is 0 Å². The number of piperidine rings is 1. The number of rotatable bonds is 3. The predicted octanol–water partition coefficient (Wildman–Crippen LogP) is 1.29. The van der Waals surface area contributed by atoms with Gasteiger partial charge in [0.25, 0.3) is 0 Å². The van der Waals surface area contributed by atoms with Crippen LogP contribution in [0.25, 0.3) is 0 Å². The van der Waals surface area contributed by atoms with E-state index in [1.807, 2.05) is 20.8 Å². The third-order valence-electron chi connectivity index (χ3n) is 4.45. The minimum atomic E-state index is -0.937. The van der Waals surface area contributed by atoms with Crippen molar-refractivity contribution >= 4 is 0 Å². The Labute approximate surface area is 115 Å². The summed E-state index contributed by atoms with van der Waals surface area (Å²) in [5, 5.41) is 3.36. The second-order valence-corrected chi connectivity index (χ2v) is 5.65. The quantitative estimate of drug-likeness (QED) is 0.784. The highest BCUT2D eigenvalue weighted by Gasteiger charge is 2.58. The second-order valence-electron chi connectivity index (χ2n) is 5.65. The summed E-state index contributed by atoms with van der Waals surface area (Å²) in [5.41, 5.74) is 1.09. The summed E-state index contributed by atoms with van der Waals surface area (Å²) in [5.74, 6) is -1.65. The summed E-state index contributed by atoms with van der Waals surface area (Å²) in [4.78, 5) is 0. The van der Waals surface area contributed by atoms with Gasteiger partial charge in [0, 0.05) is 33.2 Å². The van der Waals surface area contributed by atoms with E-state index in [1.165, 1.54) is 0 Å². The van der Waals surface area contributed by atoms with Crippen LogP contribution in [0.4, 0.5) is 0 Å². The summed E-state index contributed by atoms with van der Waals surface area (Å²) in [6.07, 6.45) is -0.129. The molecule has 2 fully saturated rings. The largest absolute Gasteiger partial charge is 0.349 e. The van der Waals surface area contributed by atoms with E-state index in [4.69, 9.17) is 18.9 Å². The van der Waals surface area contributed by atoms with Gasteiger partial charge >= 0.3 is 0 Å². The Bertz CT molecular complexity index is 361. The number of ether oxygens (including phenoxy) is 4. The van der Waals surface area contributed by atoms with Crippen molar-refractivity contribution in [3.8, 4) is 0 Å². The Balaban J connectivity index is 2.28. The molecule has 0 aromatic rings. The molecule has 2 aliphatic rings. The minimum absolute atomic E-state index is 0.0630. The van der Waals surface area contributed by atoms with Crippen LogP contribution < -0.4 is 5.32 Å². The smallest absolute Gasteiger partial charge is 0.220 e. The van der Waals surface area contributed by atoms with E-state index in [1.54, 1.807) is 14.2 Å². The lowest BCUT2D eigenvalue weighted by Crippen LogP contribution is -2.69. The molecule has 2 rings (SSSR count). The van der Waals surface area contributed by atoms with Crippen LogP contribution >= 0.6 is 0 Å². The van der Waals surface area contributed by atoms with Crippen molar-refractivity contribution in [3.05, 3.63) is 12.2 Å². The molecule has 5 nitrogen and oxygen atoms in total. The van der Waals surface area contributed by atoms with Gasteiger partial charge in [-0.3, -0.25) is 0 Å². The predicted molar refractivity (Wildman–Crippen MR) is 71.7 cm³/mol. The maximum atomic E-state index is 6.23. The van der Waals surface area contributed by atoms with Crippen LogP contribution in [-0.4, -0.2) is 51.1 Å². The van der Waals surface area contributed by atoms with Crippen LogP contribution in [0, 0.1) is 5.92 Å². The lowest BCUT2D eigenvalue weighted by Gasteiger charge is -2.55. The fraction of sp³-hybridized carbons (Fsp3) is 0.857. The molecule has 2 heterocycles. The maximum absolute atomic E-state index is 6.23. The molecule has 0 aromatic heterocycles. The van der Waals surface area contributed by atoms with Gasteiger partial charge in [0.2, 0.25) is 11.6 Å². The van der Waals surface area contributed by atoms with Crippen molar-refractivity contribution in [2.45, 2.75) is 44.6 Å².